The van der Waals surface area contributed by atoms with Crippen molar-refractivity contribution in [3.63, 3.8) is 0 Å². The smallest absolute Gasteiger partial charge is 0.319 e. The molecule has 1 heterocycles. The summed E-state index contributed by atoms with van der Waals surface area (Å²) < 4.78 is 34.2. The van der Waals surface area contributed by atoms with E-state index in [1.165, 1.54) is 13.4 Å². The zero-order chi connectivity index (χ0) is 23.6. The van der Waals surface area contributed by atoms with Crippen molar-refractivity contribution in [2.45, 2.75) is 29.7 Å². The molecule has 0 fully saturated rings. The normalized spacial score (nSPS) is 12.3. The van der Waals surface area contributed by atoms with Crippen LogP contribution >= 0.6 is 0 Å². The Labute approximate surface area is 193 Å². The van der Waals surface area contributed by atoms with Gasteiger partial charge in [0.25, 0.3) is 0 Å². The van der Waals surface area contributed by atoms with E-state index in [2.05, 4.69) is 4.98 Å². The Morgan fingerprint density at radius 1 is 0.909 bits per heavy atom. The molecule has 0 saturated carbocycles. The fraction of sp³-hybridized carbons (Fsp3) is 0.154. The monoisotopic (exact) mass is 460 g/mol. The molecular weight excluding hydrogens is 436 g/mol. The summed E-state index contributed by atoms with van der Waals surface area (Å²) in [4.78, 5) is 17.5. The summed E-state index contributed by atoms with van der Waals surface area (Å²) in [7, 11) is -2.73. The molecule has 1 atom stereocenters. The lowest BCUT2D eigenvalue weighted by Gasteiger charge is -2.20. The quantitative estimate of drug-likeness (QED) is 0.392. The lowest BCUT2D eigenvalue weighted by molar-refractivity contribution is -0.141. The van der Waals surface area contributed by atoms with Crippen molar-refractivity contribution in [3.05, 3.63) is 108 Å². The van der Waals surface area contributed by atoms with Crippen LogP contribution in [0.4, 0.5) is 0 Å². The molecule has 1 unspecified atom stereocenters. The maximum Gasteiger partial charge on any atom is 0.319 e. The molecule has 0 aliphatic rings. The Bertz CT molecular complexity index is 1390. The summed E-state index contributed by atoms with van der Waals surface area (Å²) in [6.07, 6.45) is 1.46. The molecule has 168 valence electrons. The average molecular weight is 461 g/mol. The fourth-order valence-corrected chi connectivity index (χ4v) is 5.23. The van der Waals surface area contributed by atoms with E-state index >= 15 is 0 Å². The molecule has 0 saturated heterocycles. The van der Waals surface area contributed by atoms with E-state index < -0.39 is 21.7 Å². The van der Waals surface area contributed by atoms with Gasteiger partial charge in [-0.2, -0.15) is 0 Å². The lowest BCUT2D eigenvalue weighted by atomic mass is 9.95. The number of sulfone groups is 1. The molecule has 0 amide bonds. The maximum absolute atomic E-state index is 13.7. The van der Waals surface area contributed by atoms with Crippen molar-refractivity contribution in [2.24, 2.45) is 0 Å². The molecular formula is C26H24N2O4S. The Morgan fingerprint density at radius 2 is 1.55 bits per heavy atom. The van der Waals surface area contributed by atoms with Crippen molar-refractivity contribution in [3.8, 4) is 5.69 Å². The highest BCUT2D eigenvalue weighted by molar-refractivity contribution is 7.91. The Hall–Kier alpha value is -3.71. The Balaban J connectivity index is 2.04. The number of ether oxygens (including phenoxy) is 1. The van der Waals surface area contributed by atoms with Crippen LogP contribution in [0.15, 0.2) is 95.1 Å². The van der Waals surface area contributed by atoms with Gasteiger partial charge in [0.15, 0.2) is 5.03 Å². The van der Waals surface area contributed by atoms with E-state index in [1.807, 2.05) is 44.2 Å². The van der Waals surface area contributed by atoms with Crippen molar-refractivity contribution < 1.29 is 17.9 Å². The molecule has 4 rings (SSSR count). The topological polar surface area (TPSA) is 78.3 Å². The fourth-order valence-electron chi connectivity index (χ4n) is 3.83. The second-order valence-electron chi connectivity index (χ2n) is 7.77. The van der Waals surface area contributed by atoms with Crippen LogP contribution in [0.2, 0.25) is 0 Å². The van der Waals surface area contributed by atoms with Crippen LogP contribution in [0.5, 0.6) is 0 Å². The molecule has 0 radical (unpaired) electrons. The molecule has 4 aromatic rings. The number of esters is 1. The largest absolute Gasteiger partial charge is 0.468 e. The van der Waals surface area contributed by atoms with Gasteiger partial charge >= 0.3 is 5.97 Å². The van der Waals surface area contributed by atoms with Gasteiger partial charge in [-0.3, -0.25) is 4.79 Å². The minimum Gasteiger partial charge on any atom is -0.468 e. The van der Waals surface area contributed by atoms with Crippen LogP contribution in [-0.4, -0.2) is 31.0 Å². The SMILES string of the molecule is COC(=O)C(c1ccccc1)c1c(S(=O)(=O)c2ccc(C)cc2)ncn1-c1ccccc1C. The van der Waals surface area contributed by atoms with Crippen LogP contribution in [0.3, 0.4) is 0 Å². The van der Waals surface area contributed by atoms with Gasteiger partial charge in [-0.05, 0) is 43.2 Å². The third-order valence-electron chi connectivity index (χ3n) is 5.57. The van der Waals surface area contributed by atoms with Crippen LogP contribution in [0.1, 0.15) is 28.3 Å². The number of aromatic nitrogens is 2. The van der Waals surface area contributed by atoms with Gasteiger partial charge in [0.2, 0.25) is 9.84 Å². The number of nitrogens with zero attached hydrogens (tertiary/aromatic N) is 2. The van der Waals surface area contributed by atoms with Gasteiger partial charge in [-0.25, -0.2) is 13.4 Å². The van der Waals surface area contributed by atoms with E-state index in [0.29, 0.717) is 5.56 Å². The van der Waals surface area contributed by atoms with Gasteiger partial charge in [0.05, 0.1) is 17.7 Å². The van der Waals surface area contributed by atoms with Crippen LogP contribution < -0.4 is 0 Å². The first-order valence-corrected chi connectivity index (χ1v) is 11.9. The molecule has 33 heavy (non-hydrogen) atoms. The minimum absolute atomic E-state index is 0.112. The minimum atomic E-state index is -4.02. The maximum atomic E-state index is 13.7. The van der Waals surface area contributed by atoms with E-state index in [1.54, 1.807) is 53.1 Å². The molecule has 6 nitrogen and oxygen atoms in total. The second-order valence-corrected chi connectivity index (χ2v) is 9.64. The first-order valence-electron chi connectivity index (χ1n) is 10.4. The summed E-state index contributed by atoms with van der Waals surface area (Å²) in [5.74, 6) is -1.56. The van der Waals surface area contributed by atoms with Crippen LogP contribution in [-0.2, 0) is 19.4 Å². The van der Waals surface area contributed by atoms with Crippen molar-refractivity contribution in [1.82, 2.24) is 9.55 Å². The van der Waals surface area contributed by atoms with Crippen LogP contribution in [0.25, 0.3) is 5.69 Å². The van der Waals surface area contributed by atoms with Crippen molar-refractivity contribution in [1.29, 1.82) is 0 Å². The second kappa shape index (κ2) is 9.03. The molecule has 0 aliphatic heterocycles. The molecule has 0 aliphatic carbocycles. The zero-order valence-electron chi connectivity index (χ0n) is 18.6. The number of para-hydroxylation sites is 1. The van der Waals surface area contributed by atoms with Crippen molar-refractivity contribution in [2.75, 3.05) is 7.11 Å². The number of methoxy groups -OCH3 is 1. The molecule has 0 N–H and O–H groups in total. The molecule has 1 aromatic heterocycles. The zero-order valence-corrected chi connectivity index (χ0v) is 19.4. The predicted molar refractivity (Wildman–Crippen MR) is 125 cm³/mol. The number of aryl methyl sites for hydroxylation is 2. The Kier molecular flexibility index (Phi) is 6.16. The number of benzene rings is 3. The number of hydrogen-bond donors (Lipinski definition) is 0. The van der Waals surface area contributed by atoms with Gasteiger partial charge in [0, 0.05) is 5.69 Å². The van der Waals surface area contributed by atoms with Crippen LogP contribution in [0, 0.1) is 13.8 Å². The Morgan fingerprint density at radius 3 is 2.18 bits per heavy atom. The van der Waals surface area contributed by atoms with E-state index in [-0.39, 0.29) is 15.6 Å². The summed E-state index contributed by atoms with van der Waals surface area (Å²) in [5.41, 5.74) is 3.43. The average Bonchev–Trinajstić information content (AvgIpc) is 3.25. The standard InChI is InChI=1S/C26H24N2O4S/c1-18-13-15-21(16-14-18)33(30,31)25-24(23(26(29)32-3)20-10-5-4-6-11-20)28(17-27-25)22-12-8-7-9-19(22)2/h4-17,23H,1-3H3. The summed E-state index contributed by atoms with van der Waals surface area (Å²) >= 11 is 0. The molecule has 7 heteroatoms. The van der Waals surface area contributed by atoms with Gasteiger partial charge in [0.1, 0.15) is 12.2 Å². The predicted octanol–water partition coefficient (Wildman–Crippen LogP) is 4.63. The number of carbonyl (C=O) groups is 1. The number of imidazole rings is 1. The van der Waals surface area contributed by atoms with Gasteiger partial charge < -0.3 is 9.30 Å². The molecule has 0 bridgehead atoms. The third kappa shape index (κ3) is 4.19. The van der Waals surface area contributed by atoms with Gasteiger partial charge in [-0.1, -0.05) is 66.2 Å². The molecule has 0 spiro atoms. The highest BCUT2D eigenvalue weighted by Crippen LogP contribution is 2.35. The number of hydrogen-bond acceptors (Lipinski definition) is 5. The van der Waals surface area contributed by atoms with E-state index in [0.717, 1.165) is 16.8 Å². The highest BCUT2D eigenvalue weighted by atomic mass is 32.2. The number of rotatable bonds is 6. The first kappa shape index (κ1) is 22.5. The van der Waals surface area contributed by atoms with Crippen molar-refractivity contribution >= 4 is 15.8 Å². The third-order valence-corrected chi connectivity index (χ3v) is 7.29. The lowest BCUT2D eigenvalue weighted by Crippen LogP contribution is -2.21. The first-order chi connectivity index (χ1) is 15.8. The number of carbonyl (C=O) groups excluding carboxylic acids is 1. The highest BCUT2D eigenvalue weighted by Gasteiger charge is 2.36. The van der Waals surface area contributed by atoms with E-state index in [4.69, 9.17) is 4.74 Å². The summed E-state index contributed by atoms with van der Waals surface area (Å²) in [6.45, 7) is 3.81. The summed E-state index contributed by atoms with van der Waals surface area (Å²) in [6, 6.07) is 23.1. The van der Waals surface area contributed by atoms with E-state index in [9.17, 15) is 13.2 Å². The van der Waals surface area contributed by atoms with Gasteiger partial charge in [-0.15, -0.1) is 0 Å². The molecule has 3 aromatic carbocycles. The summed E-state index contributed by atoms with van der Waals surface area (Å²) in [5, 5.41) is -0.172.